The van der Waals surface area contributed by atoms with Gasteiger partial charge in [0.1, 0.15) is 11.5 Å². The van der Waals surface area contributed by atoms with Crippen LogP contribution in [0.1, 0.15) is 24.2 Å². The smallest absolute Gasteiger partial charge is 0.127 e. The Hall–Kier alpha value is -2.01. The number of nitrogens with zero attached hydrogens (tertiary/aromatic N) is 1. The van der Waals surface area contributed by atoms with Crippen molar-refractivity contribution in [1.82, 2.24) is 15.3 Å². The fourth-order valence-electron chi connectivity index (χ4n) is 2.13. The van der Waals surface area contributed by atoms with Crippen LogP contribution in [0.15, 0.2) is 30.7 Å². The van der Waals surface area contributed by atoms with E-state index in [9.17, 15) is 0 Å². The van der Waals surface area contributed by atoms with E-state index in [1.807, 2.05) is 24.4 Å². The van der Waals surface area contributed by atoms with Gasteiger partial charge in [-0.05, 0) is 13.0 Å². The molecule has 0 aliphatic heterocycles. The maximum atomic E-state index is 5.43. The molecule has 0 fully saturated rings. The fraction of sp³-hybridized carbons (Fsp3) is 0.400. The molecule has 5 nitrogen and oxygen atoms in total. The summed E-state index contributed by atoms with van der Waals surface area (Å²) in [6.07, 6.45) is 4.47. The summed E-state index contributed by atoms with van der Waals surface area (Å²) in [5.74, 6) is 1.64. The van der Waals surface area contributed by atoms with Crippen molar-refractivity contribution >= 4 is 0 Å². The highest BCUT2D eigenvalue weighted by Gasteiger charge is 2.11. The van der Waals surface area contributed by atoms with Crippen molar-refractivity contribution in [1.29, 1.82) is 0 Å². The number of benzene rings is 1. The third-order valence-electron chi connectivity index (χ3n) is 3.31. The number of aromatic nitrogens is 2. The van der Waals surface area contributed by atoms with Gasteiger partial charge in [-0.3, -0.25) is 0 Å². The second-order valence-corrected chi connectivity index (χ2v) is 4.61. The fourth-order valence-corrected chi connectivity index (χ4v) is 2.13. The molecule has 2 rings (SSSR count). The molecule has 1 aromatic heterocycles. The SMILES string of the molecule is COc1ccc(C(C)NCCc2cnc[nH]2)c(OC)c1. The van der Waals surface area contributed by atoms with Gasteiger partial charge in [-0.1, -0.05) is 6.07 Å². The molecule has 0 amide bonds. The van der Waals surface area contributed by atoms with Gasteiger partial charge in [0.05, 0.1) is 20.5 Å². The highest BCUT2D eigenvalue weighted by Crippen LogP contribution is 2.29. The number of ether oxygens (including phenoxy) is 2. The van der Waals surface area contributed by atoms with Crippen molar-refractivity contribution < 1.29 is 9.47 Å². The molecule has 108 valence electrons. The number of hydrogen-bond donors (Lipinski definition) is 2. The normalized spacial score (nSPS) is 12.2. The van der Waals surface area contributed by atoms with Gasteiger partial charge in [0.15, 0.2) is 0 Å². The van der Waals surface area contributed by atoms with Crippen LogP contribution in [0, 0.1) is 0 Å². The highest BCUT2D eigenvalue weighted by atomic mass is 16.5. The van der Waals surface area contributed by atoms with E-state index >= 15 is 0 Å². The predicted molar refractivity (Wildman–Crippen MR) is 78.3 cm³/mol. The van der Waals surface area contributed by atoms with Gasteiger partial charge >= 0.3 is 0 Å². The number of methoxy groups -OCH3 is 2. The van der Waals surface area contributed by atoms with Crippen molar-refractivity contribution in [3.8, 4) is 11.5 Å². The van der Waals surface area contributed by atoms with Crippen LogP contribution in [0.4, 0.5) is 0 Å². The summed E-state index contributed by atoms with van der Waals surface area (Å²) in [6.45, 7) is 3.00. The molecule has 0 saturated heterocycles. The molecule has 1 atom stereocenters. The lowest BCUT2D eigenvalue weighted by atomic mass is 10.1. The third kappa shape index (κ3) is 3.51. The Kier molecular flexibility index (Phi) is 5.01. The molecule has 1 unspecified atom stereocenters. The maximum absolute atomic E-state index is 5.43. The van der Waals surface area contributed by atoms with Gasteiger partial charge in [-0.25, -0.2) is 4.98 Å². The molecular formula is C15H21N3O2. The first-order chi connectivity index (χ1) is 9.74. The Morgan fingerprint density at radius 2 is 2.15 bits per heavy atom. The first kappa shape index (κ1) is 14.4. The second kappa shape index (κ2) is 6.96. The summed E-state index contributed by atoms with van der Waals surface area (Å²) in [5, 5.41) is 3.48. The summed E-state index contributed by atoms with van der Waals surface area (Å²) in [5.41, 5.74) is 2.25. The van der Waals surface area contributed by atoms with Gasteiger partial charge in [-0.2, -0.15) is 0 Å². The largest absolute Gasteiger partial charge is 0.497 e. The van der Waals surface area contributed by atoms with Crippen molar-refractivity contribution in [2.75, 3.05) is 20.8 Å². The molecule has 0 bridgehead atoms. The van der Waals surface area contributed by atoms with Crippen LogP contribution in [0.3, 0.4) is 0 Å². The van der Waals surface area contributed by atoms with E-state index in [-0.39, 0.29) is 6.04 Å². The summed E-state index contributed by atoms with van der Waals surface area (Å²) < 4.78 is 10.6. The zero-order chi connectivity index (χ0) is 14.4. The molecule has 2 N–H and O–H groups in total. The van der Waals surface area contributed by atoms with Crippen molar-refractivity contribution in [3.05, 3.63) is 42.0 Å². The summed E-state index contributed by atoms with van der Waals surface area (Å²) in [4.78, 5) is 7.10. The Bertz CT molecular complexity index is 526. The molecule has 1 aromatic carbocycles. The number of imidazole rings is 1. The topological polar surface area (TPSA) is 59.2 Å². The molecule has 20 heavy (non-hydrogen) atoms. The zero-order valence-corrected chi connectivity index (χ0v) is 12.1. The summed E-state index contributed by atoms with van der Waals surface area (Å²) >= 11 is 0. The first-order valence-corrected chi connectivity index (χ1v) is 6.67. The molecule has 0 radical (unpaired) electrons. The van der Waals surface area contributed by atoms with Crippen molar-refractivity contribution in [2.24, 2.45) is 0 Å². The van der Waals surface area contributed by atoms with E-state index < -0.39 is 0 Å². The van der Waals surface area contributed by atoms with E-state index in [1.165, 1.54) is 0 Å². The lowest BCUT2D eigenvalue weighted by Gasteiger charge is -2.18. The Morgan fingerprint density at radius 1 is 1.30 bits per heavy atom. The van der Waals surface area contributed by atoms with Crippen LogP contribution < -0.4 is 14.8 Å². The number of hydrogen-bond acceptors (Lipinski definition) is 4. The maximum Gasteiger partial charge on any atom is 0.127 e. The van der Waals surface area contributed by atoms with Crippen LogP contribution in [-0.2, 0) is 6.42 Å². The van der Waals surface area contributed by atoms with Crippen LogP contribution in [-0.4, -0.2) is 30.7 Å². The minimum absolute atomic E-state index is 0.207. The van der Waals surface area contributed by atoms with Gasteiger partial charge < -0.3 is 19.8 Å². The Morgan fingerprint density at radius 3 is 2.80 bits per heavy atom. The lowest BCUT2D eigenvalue weighted by molar-refractivity contribution is 0.386. The number of rotatable bonds is 7. The quantitative estimate of drug-likeness (QED) is 0.814. The monoisotopic (exact) mass is 275 g/mol. The molecule has 0 spiro atoms. The lowest BCUT2D eigenvalue weighted by Crippen LogP contribution is -2.22. The molecule has 1 heterocycles. The minimum atomic E-state index is 0.207. The summed E-state index contributed by atoms with van der Waals surface area (Å²) in [6, 6.07) is 6.09. The summed E-state index contributed by atoms with van der Waals surface area (Å²) in [7, 11) is 3.33. The number of nitrogens with one attached hydrogen (secondary N) is 2. The van der Waals surface area contributed by atoms with Gasteiger partial charge in [0.25, 0.3) is 0 Å². The molecule has 0 aliphatic carbocycles. The van der Waals surface area contributed by atoms with Crippen LogP contribution >= 0.6 is 0 Å². The predicted octanol–water partition coefficient (Wildman–Crippen LogP) is 2.32. The van der Waals surface area contributed by atoms with Crippen LogP contribution in [0.2, 0.25) is 0 Å². The van der Waals surface area contributed by atoms with Crippen LogP contribution in [0.5, 0.6) is 11.5 Å². The highest BCUT2D eigenvalue weighted by molar-refractivity contribution is 5.42. The van der Waals surface area contributed by atoms with E-state index in [2.05, 4.69) is 22.2 Å². The van der Waals surface area contributed by atoms with E-state index in [0.717, 1.165) is 35.7 Å². The van der Waals surface area contributed by atoms with Gasteiger partial charge in [-0.15, -0.1) is 0 Å². The standard InChI is InChI=1S/C15H21N3O2/c1-11(17-7-6-12-9-16-10-18-12)14-5-4-13(19-2)8-15(14)20-3/h4-5,8-11,17H,6-7H2,1-3H3,(H,16,18). The van der Waals surface area contributed by atoms with E-state index in [4.69, 9.17) is 9.47 Å². The zero-order valence-electron chi connectivity index (χ0n) is 12.1. The van der Waals surface area contributed by atoms with Crippen molar-refractivity contribution in [2.45, 2.75) is 19.4 Å². The van der Waals surface area contributed by atoms with E-state index in [1.54, 1.807) is 20.5 Å². The number of H-pyrrole nitrogens is 1. The third-order valence-corrected chi connectivity index (χ3v) is 3.31. The average molecular weight is 275 g/mol. The second-order valence-electron chi connectivity index (χ2n) is 4.61. The first-order valence-electron chi connectivity index (χ1n) is 6.67. The van der Waals surface area contributed by atoms with Crippen molar-refractivity contribution in [3.63, 3.8) is 0 Å². The Labute approximate surface area is 119 Å². The van der Waals surface area contributed by atoms with Gasteiger partial charge in [0.2, 0.25) is 0 Å². The molecule has 0 aliphatic rings. The molecule has 2 aromatic rings. The molecule has 0 saturated carbocycles. The van der Waals surface area contributed by atoms with Gasteiger partial charge in [0, 0.05) is 42.5 Å². The van der Waals surface area contributed by atoms with Crippen LogP contribution in [0.25, 0.3) is 0 Å². The minimum Gasteiger partial charge on any atom is -0.497 e. The molecule has 5 heteroatoms. The van der Waals surface area contributed by atoms with E-state index in [0.29, 0.717) is 0 Å². The molecular weight excluding hydrogens is 254 g/mol. The number of aromatic amines is 1. The average Bonchev–Trinajstić information content (AvgIpc) is 2.99. The Balaban J connectivity index is 1.95.